The molecule has 1 atom stereocenters. The van der Waals surface area contributed by atoms with Crippen LogP contribution in [0.15, 0.2) is 9.98 Å². The number of rotatable bonds is 5. The summed E-state index contributed by atoms with van der Waals surface area (Å²) in [6.45, 7) is 2.29. The highest BCUT2D eigenvalue weighted by Crippen LogP contribution is 2.01. The Kier molecular flexibility index (Phi) is 6.10. The Bertz CT molecular complexity index is 191. The molecule has 0 rings (SSSR count). The quantitative estimate of drug-likeness (QED) is 0.435. The molecule has 0 bridgehead atoms. The first-order valence-corrected chi connectivity index (χ1v) is 3.45. The molecule has 0 spiro atoms. The van der Waals surface area contributed by atoms with E-state index in [0.29, 0.717) is 13.0 Å². The fourth-order valence-corrected chi connectivity index (χ4v) is 0.694. The van der Waals surface area contributed by atoms with Gasteiger partial charge in [0.05, 0.1) is 12.6 Å². The van der Waals surface area contributed by atoms with E-state index in [-0.39, 0.29) is 6.04 Å². The smallest absolute Gasteiger partial charge is 0.211 e. The Labute approximate surface area is 65.0 Å². The van der Waals surface area contributed by atoms with Crippen molar-refractivity contribution in [2.75, 3.05) is 6.54 Å². The summed E-state index contributed by atoms with van der Waals surface area (Å²) in [4.78, 5) is 26.3. The standard InChI is InChI=1S/C7H10N2O2/c1-2-7(9-6-11)3-4-8-5-10/h7H,2-4H2,1H3. The highest BCUT2D eigenvalue weighted by Gasteiger charge is 2.01. The molecule has 0 N–H and O–H groups in total. The Morgan fingerprint density at radius 1 is 1.36 bits per heavy atom. The SMILES string of the molecule is CCC(CCN=C=O)N=C=O. The molecule has 0 aliphatic rings. The molecule has 0 aromatic rings. The third-order valence-corrected chi connectivity index (χ3v) is 1.35. The summed E-state index contributed by atoms with van der Waals surface area (Å²) in [5.41, 5.74) is 0. The lowest BCUT2D eigenvalue weighted by molar-refractivity contribution is 0.543. The third-order valence-electron chi connectivity index (χ3n) is 1.35. The van der Waals surface area contributed by atoms with E-state index >= 15 is 0 Å². The van der Waals surface area contributed by atoms with Crippen LogP contribution in [0.2, 0.25) is 0 Å². The van der Waals surface area contributed by atoms with Gasteiger partial charge in [-0.05, 0) is 12.8 Å². The molecule has 60 valence electrons. The van der Waals surface area contributed by atoms with Gasteiger partial charge in [-0.2, -0.15) is 0 Å². The maximum Gasteiger partial charge on any atom is 0.235 e. The van der Waals surface area contributed by atoms with Crippen molar-refractivity contribution in [2.45, 2.75) is 25.8 Å². The van der Waals surface area contributed by atoms with E-state index in [1.807, 2.05) is 6.92 Å². The molecule has 0 heterocycles. The lowest BCUT2D eigenvalue weighted by atomic mass is 10.2. The minimum absolute atomic E-state index is 0.0513. The number of carbonyl (C=O) groups excluding carboxylic acids is 2. The summed E-state index contributed by atoms with van der Waals surface area (Å²) in [5, 5.41) is 0. The monoisotopic (exact) mass is 154 g/mol. The summed E-state index contributed by atoms with van der Waals surface area (Å²) >= 11 is 0. The van der Waals surface area contributed by atoms with Crippen LogP contribution in [-0.4, -0.2) is 24.7 Å². The normalized spacial score (nSPS) is 11.0. The number of nitrogens with zero attached hydrogens (tertiary/aromatic N) is 2. The van der Waals surface area contributed by atoms with Crippen LogP contribution < -0.4 is 0 Å². The van der Waals surface area contributed by atoms with Crippen LogP contribution >= 0.6 is 0 Å². The van der Waals surface area contributed by atoms with Crippen LogP contribution in [0.1, 0.15) is 19.8 Å². The minimum Gasteiger partial charge on any atom is -0.211 e. The predicted octanol–water partition coefficient (Wildman–Crippen LogP) is 0.827. The molecule has 1 unspecified atom stereocenters. The molecule has 0 aromatic carbocycles. The van der Waals surface area contributed by atoms with E-state index in [2.05, 4.69) is 9.98 Å². The molecule has 0 saturated heterocycles. The average molecular weight is 154 g/mol. The van der Waals surface area contributed by atoms with Crippen LogP contribution in [0.4, 0.5) is 0 Å². The molecule has 0 radical (unpaired) electrons. The second kappa shape index (κ2) is 6.87. The lowest BCUT2D eigenvalue weighted by Gasteiger charge is -2.02. The van der Waals surface area contributed by atoms with Crippen LogP contribution in [0.5, 0.6) is 0 Å². The number of isocyanates is 2. The van der Waals surface area contributed by atoms with Crippen LogP contribution in [-0.2, 0) is 9.59 Å². The zero-order valence-electron chi connectivity index (χ0n) is 6.41. The Morgan fingerprint density at radius 2 is 2.09 bits per heavy atom. The van der Waals surface area contributed by atoms with Crippen molar-refractivity contribution in [1.29, 1.82) is 0 Å². The van der Waals surface area contributed by atoms with Gasteiger partial charge in [-0.3, -0.25) is 0 Å². The molecule has 0 aromatic heterocycles. The van der Waals surface area contributed by atoms with Gasteiger partial charge in [-0.1, -0.05) is 6.92 Å². The van der Waals surface area contributed by atoms with Crippen molar-refractivity contribution in [3.05, 3.63) is 0 Å². The van der Waals surface area contributed by atoms with E-state index < -0.39 is 0 Å². The topological polar surface area (TPSA) is 58.9 Å². The number of hydrogen-bond acceptors (Lipinski definition) is 4. The van der Waals surface area contributed by atoms with E-state index in [4.69, 9.17) is 0 Å². The zero-order valence-corrected chi connectivity index (χ0v) is 6.41. The van der Waals surface area contributed by atoms with Crippen LogP contribution in [0.3, 0.4) is 0 Å². The number of aliphatic imine (C=N–C) groups is 2. The van der Waals surface area contributed by atoms with Gasteiger partial charge < -0.3 is 0 Å². The highest BCUT2D eigenvalue weighted by atomic mass is 16.1. The van der Waals surface area contributed by atoms with Gasteiger partial charge in [0, 0.05) is 0 Å². The van der Waals surface area contributed by atoms with Gasteiger partial charge in [-0.15, -0.1) is 0 Å². The molecular weight excluding hydrogens is 144 g/mol. The Morgan fingerprint density at radius 3 is 2.55 bits per heavy atom. The minimum atomic E-state index is -0.0513. The Hall–Kier alpha value is -1.24. The second-order valence-corrected chi connectivity index (χ2v) is 2.04. The van der Waals surface area contributed by atoms with Gasteiger partial charge in [0.15, 0.2) is 0 Å². The molecule has 0 fully saturated rings. The van der Waals surface area contributed by atoms with Crippen molar-refractivity contribution < 1.29 is 9.59 Å². The molecule has 0 aliphatic heterocycles. The first kappa shape index (κ1) is 9.76. The van der Waals surface area contributed by atoms with E-state index in [9.17, 15) is 9.59 Å². The van der Waals surface area contributed by atoms with Crippen molar-refractivity contribution in [3.8, 4) is 0 Å². The summed E-state index contributed by atoms with van der Waals surface area (Å²) in [6.07, 6.45) is 4.28. The first-order valence-electron chi connectivity index (χ1n) is 3.45. The van der Waals surface area contributed by atoms with Crippen LogP contribution in [0.25, 0.3) is 0 Å². The lowest BCUT2D eigenvalue weighted by Crippen LogP contribution is -2.03. The average Bonchev–Trinajstić information content (AvgIpc) is 2.03. The second-order valence-electron chi connectivity index (χ2n) is 2.04. The van der Waals surface area contributed by atoms with Gasteiger partial charge in [0.25, 0.3) is 0 Å². The first-order chi connectivity index (χ1) is 5.35. The summed E-state index contributed by atoms with van der Waals surface area (Å²) in [7, 11) is 0. The third kappa shape index (κ3) is 5.22. The summed E-state index contributed by atoms with van der Waals surface area (Å²) < 4.78 is 0. The van der Waals surface area contributed by atoms with E-state index in [1.54, 1.807) is 0 Å². The van der Waals surface area contributed by atoms with Crippen molar-refractivity contribution in [3.63, 3.8) is 0 Å². The van der Waals surface area contributed by atoms with E-state index in [1.165, 1.54) is 12.2 Å². The predicted molar refractivity (Wildman–Crippen MR) is 39.8 cm³/mol. The maximum atomic E-state index is 9.81. The van der Waals surface area contributed by atoms with Gasteiger partial charge >= 0.3 is 0 Å². The molecule has 0 aliphatic carbocycles. The molecule has 11 heavy (non-hydrogen) atoms. The van der Waals surface area contributed by atoms with Gasteiger partial charge in [0.1, 0.15) is 0 Å². The van der Waals surface area contributed by atoms with Crippen molar-refractivity contribution >= 4 is 12.2 Å². The maximum absolute atomic E-state index is 9.81. The largest absolute Gasteiger partial charge is 0.235 e. The molecule has 4 nitrogen and oxygen atoms in total. The fraction of sp³-hybridized carbons (Fsp3) is 0.714. The summed E-state index contributed by atoms with van der Waals surface area (Å²) in [6, 6.07) is -0.0513. The van der Waals surface area contributed by atoms with Gasteiger partial charge in [0.2, 0.25) is 12.2 Å². The Balaban J connectivity index is 3.68. The fourth-order valence-electron chi connectivity index (χ4n) is 0.694. The van der Waals surface area contributed by atoms with Crippen LogP contribution in [0, 0.1) is 0 Å². The highest BCUT2D eigenvalue weighted by molar-refractivity contribution is 5.34. The van der Waals surface area contributed by atoms with E-state index in [0.717, 1.165) is 6.42 Å². The zero-order chi connectivity index (χ0) is 8.53. The molecular formula is C7H10N2O2. The van der Waals surface area contributed by atoms with Gasteiger partial charge in [-0.25, -0.2) is 19.6 Å². The number of hydrogen-bond donors (Lipinski definition) is 0. The van der Waals surface area contributed by atoms with Crippen molar-refractivity contribution in [2.24, 2.45) is 9.98 Å². The van der Waals surface area contributed by atoms with Crippen molar-refractivity contribution in [1.82, 2.24) is 0 Å². The molecule has 0 saturated carbocycles. The molecule has 4 heteroatoms. The molecule has 0 amide bonds. The summed E-state index contributed by atoms with van der Waals surface area (Å²) in [5.74, 6) is 0.